The first kappa shape index (κ1) is 15.8. The van der Waals surface area contributed by atoms with Gasteiger partial charge in [0.05, 0.1) is 0 Å². The van der Waals surface area contributed by atoms with Crippen molar-refractivity contribution in [1.82, 2.24) is 0 Å². The van der Waals surface area contributed by atoms with Gasteiger partial charge in [0.25, 0.3) is 0 Å². The van der Waals surface area contributed by atoms with Crippen molar-refractivity contribution in [2.75, 3.05) is 6.61 Å². The molecule has 16 heavy (non-hydrogen) atoms. The number of hydrogen-bond acceptors (Lipinski definition) is 2. The van der Waals surface area contributed by atoms with Gasteiger partial charge >= 0.3 is 19.7 Å². The van der Waals surface area contributed by atoms with Crippen molar-refractivity contribution in [3.8, 4) is 0 Å². The lowest BCUT2D eigenvalue weighted by atomic mass is 9.84. The Hall–Kier alpha value is -0.170. The van der Waals surface area contributed by atoms with E-state index in [2.05, 4.69) is 4.52 Å². The molecule has 0 rings (SSSR count). The van der Waals surface area contributed by atoms with Crippen molar-refractivity contribution in [3.63, 3.8) is 0 Å². The molecule has 9 heteroatoms. The summed E-state index contributed by atoms with van der Waals surface area (Å²) in [5, 5.41) is 0. The SMILES string of the molecule is CC(C)(C)C(F)(F)C(F)(F)COP(=O)(O)O. The molecule has 98 valence electrons. The first-order valence-corrected chi connectivity index (χ1v) is 5.69. The normalized spacial score (nSPS) is 15.3. The van der Waals surface area contributed by atoms with Crippen LogP contribution in [0.3, 0.4) is 0 Å². The molecular weight excluding hydrogens is 255 g/mol. The molecule has 0 aliphatic heterocycles. The summed E-state index contributed by atoms with van der Waals surface area (Å²) in [6, 6.07) is 0. The molecule has 0 aliphatic rings. The van der Waals surface area contributed by atoms with E-state index in [1.807, 2.05) is 0 Å². The van der Waals surface area contributed by atoms with Gasteiger partial charge in [0.15, 0.2) is 0 Å². The predicted molar refractivity (Wildman–Crippen MR) is 47.3 cm³/mol. The van der Waals surface area contributed by atoms with Crippen molar-refractivity contribution < 1.29 is 36.4 Å². The number of halogens is 4. The number of rotatable bonds is 4. The Labute approximate surface area is 89.8 Å². The smallest absolute Gasteiger partial charge is 0.303 e. The molecule has 0 unspecified atom stereocenters. The Kier molecular flexibility index (Phi) is 4.21. The van der Waals surface area contributed by atoms with Crippen LogP contribution < -0.4 is 0 Å². The zero-order chi connectivity index (χ0) is 13.4. The van der Waals surface area contributed by atoms with E-state index in [-0.39, 0.29) is 0 Å². The minimum Gasteiger partial charge on any atom is -0.303 e. The summed E-state index contributed by atoms with van der Waals surface area (Å²) in [6.45, 7) is 0.622. The van der Waals surface area contributed by atoms with Crippen LogP contribution in [0.1, 0.15) is 20.8 Å². The van der Waals surface area contributed by atoms with Crippen molar-refractivity contribution in [2.24, 2.45) is 5.41 Å². The van der Waals surface area contributed by atoms with Gasteiger partial charge in [-0.3, -0.25) is 4.52 Å². The maximum absolute atomic E-state index is 13.2. The molecule has 0 aromatic carbocycles. The first-order chi connectivity index (χ1) is 6.71. The van der Waals surface area contributed by atoms with Crippen LogP contribution in [0.5, 0.6) is 0 Å². The molecule has 0 heterocycles. The fourth-order valence-electron chi connectivity index (χ4n) is 0.804. The lowest BCUT2D eigenvalue weighted by molar-refractivity contribution is -0.266. The summed E-state index contributed by atoms with van der Waals surface area (Å²) in [5.41, 5.74) is -2.06. The number of hydrogen-bond donors (Lipinski definition) is 2. The molecule has 0 aromatic rings. The minimum atomic E-state index is -5.20. The van der Waals surface area contributed by atoms with Crippen molar-refractivity contribution in [1.29, 1.82) is 0 Å². The van der Waals surface area contributed by atoms with Crippen LogP contribution in [0.15, 0.2) is 0 Å². The second kappa shape index (κ2) is 4.25. The monoisotopic (exact) mass is 268 g/mol. The molecule has 0 aromatic heterocycles. The molecule has 0 spiro atoms. The van der Waals surface area contributed by atoms with Crippen LogP contribution in [0.2, 0.25) is 0 Å². The van der Waals surface area contributed by atoms with E-state index in [1.165, 1.54) is 0 Å². The highest BCUT2D eigenvalue weighted by Crippen LogP contribution is 2.49. The fourth-order valence-corrected chi connectivity index (χ4v) is 1.13. The third-order valence-electron chi connectivity index (χ3n) is 1.82. The third-order valence-corrected chi connectivity index (χ3v) is 2.28. The zero-order valence-electron chi connectivity index (χ0n) is 8.88. The van der Waals surface area contributed by atoms with Crippen LogP contribution in [0.25, 0.3) is 0 Å². The van der Waals surface area contributed by atoms with Gasteiger partial charge in [-0.05, 0) is 0 Å². The second-order valence-electron chi connectivity index (χ2n) is 4.29. The molecule has 0 fully saturated rings. The summed E-state index contributed by atoms with van der Waals surface area (Å²) >= 11 is 0. The Bertz CT molecular complexity index is 293. The molecule has 0 aliphatic carbocycles. The summed E-state index contributed by atoms with van der Waals surface area (Å²) in [7, 11) is -5.20. The molecule has 2 N–H and O–H groups in total. The van der Waals surface area contributed by atoms with Gasteiger partial charge in [-0.25, -0.2) is 4.57 Å². The van der Waals surface area contributed by atoms with Crippen molar-refractivity contribution in [2.45, 2.75) is 32.6 Å². The van der Waals surface area contributed by atoms with Crippen LogP contribution in [-0.4, -0.2) is 28.2 Å². The molecule has 0 amide bonds. The Morgan fingerprint density at radius 3 is 1.75 bits per heavy atom. The van der Waals surface area contributed by atoms with Gasteiger partial charge in [0.1, 0.15) is 6.61 Å². The quantitative estimate of drug-likeness (QED) is 0.607. The highest BCUT2D eigenvalue weighted by molar-refractivity contribution is 7.46. The van der Waals surface area contributed by atoms with Gasteiger partial charge in [-0.15, -0.1) is 0 Å². The fraction of sp³-hybridized carbons (Fsp3) is 1.00. The summed E-state index contributed by atoms with van der Waals surface area (Å²) < 4.78 is 66.0. The average molecular weight is 268 g/mol. The number of alkyl halides is 4. The zero-order valence-corrected chi connectivity index (χ0v) is 9.77. The maximum atomic E-state index is 13.2. The van der Waals surface area contributed by atoms with Crippen molar-refractivity contribution >= 4 is 7.82 Å². The largest absolute Gasteiger partial charge is 0.469 e. The third kappa shape index (κ3) is 3.69. The molecule has 0 saturated heterocycles. The van der Waals surface area contributed by atoms with Crippen LogP contribution >= 0.6 is 7.82 Å². The van der Waals surface area contributed by atoms with E-state index in [4.69, 9.17) is 9.79 Å². The predicted octanol–water partition coefficient (Wildman–Crippen LogP) is 2.41. The van der Waals surface area contributed by atoms with E-state index in [9.17, 15) is 22.1 Å². The number of phosphoric acid groups is 1. The molecule has 0 bridgehead atoms. The summed E-state index contributed by atoms with van der Waals surface area (Å²) in [6.07, 6.45) is 0. The molecular formula is C7H13F4O4P. The van der Waals surface area contributed by atoms with E-state index >= 15 is 0 Å². The van der Waals surface area contributed by atoms with E-state index in [0.29, 0.717) is 0 Å². The lowest BCUT2D eigenvalue weighted by Gasteiger charge is -2.36. The van der Waals surface area contributed by atoms with E-state index in [0.717, 1.165) is 20.8 Å². The van der Waals surface area contributed by atoms with Crippen LogP contribution in [0.4, 0.5) is 17.6 Å². The second-order valence-corrected chi connectivity index (χ2v) is 5.53. The van der Waals surface area contributed by atoms with Crippen LogP contribution in [0, 0.1) is 5.41 Å². The Morgan fingerprint density at radius 1 is 1.12 bits per heavy atom. The highest BCUT2D eigenvalue weighted by atomic mass is 31.2. The molecule has 0 radical (unpaired) electrons. The summed E-state index contributed by atoms with van der Waals surface area (Å²) in [4.78, 5) is 16.3. The Balaban J connectivity index is 4.86. The van der Waals surface area contributed by atoms with E-state index < -0.39 is 31.7 Å². The Morgan fingerprint density at radius 2 is 1.50 bits per heavy atom. The van der Waals surface area contributed by atoms with Crippen LogP contribution in [-0.2, 0) is 9.09 Å². The molecule has 0 saturated carbocycles. The number of phosphoric ester groups is 1. The van der Waals surface area contributed by atoms with Gasteiger partial charge in [-0.1, -0.05) is 20.8 Å². The van der Waals surface area contributed by atoms with Crippen molar-refractivity contribution in [3.05, 3.63) is 0 Å². The van der Waals surface area contributed by atoms with Gasteiger partial charge < -0.3 is 9.79 Å². The first-order valence-electron chi connectivity index (χ1n) is 4.16. The minimum absolute atomic E-state index is 0.887. The standard InChI is InChI=1S/C7H13F4O4P/c1-5(2,3)7(10,11)6(8,9)4-15-16(12,13)14/h4H2,1-3H3,(H2,12,13,14). The molecule has 4 nitrogen and oxygen atoms in total. The van der Waals surface area contributed by atoms with Gasteiger partial charge in [-0.2, -0.15) is 17.6 Å². The maximum Gasteiger partial charge on any atom is 0.469 e. The lowest BCUT2D eigenvalue weighted by Crippen LogP contribution is -2.52. The van der Waals surface area contributed by atoms with Gasteiger partial charge in [0, 0.05) is 5.41 Å². The topological polar surface area (TPSA) is 66.8 Å². The summed E-state index contributed by atoms with van der Waals surface area (Å²) in [5.74, 6) is -9.11. The molecule has 0 atom stereocenters. The highest BCUT2D eigenvalue weighted by Gasteiger charge is 2.63. The average Bonchev–Trinajstić information content (AvgIpc) is 1.97. The van der Waals surface area contributed by atoms with E-state index in [1.54, 1.807) is 0 Å². The van der Waals surface area contributed by atoms with Gasteiger partial charge in [0.2, 0.25) is 0 Å².